The van der Waals surface area contributed by atoms with Crippen molar-refractivity contribution in [2.75, 3.05) is 18.9 Å². The lowest BCUT2D eigenvalue weighted by Crippen LogP contribution is -2.31. The Morgan fingerprint density at radius 2 is 2.15 bits per heavy atom. The number of rotatable bonds is 2. The van der Waals surface area contributed by atoms with E-state index in [-0.39, 0.29) is 11.6 Å². The normalized spacial score (nSPS) is 19.1. The van der Waals surface area contributed by atoms with Crippen molar-refractivity contribution in [3.05, 3.63) is 29.3 Å². The minimum absolute atomic E-state index is 0.150. The SMILES string of the molecule is CN1CCC(Nc2ccc(C#N)c(C(F)(F)F)c2)C1=O. The quantitative estimate of drug-likeness (QED) is 0.905. The van der Waals surface area contributed by atoms with Crippen molar-refractivity contribution in [2.24, 2.45) is 0 Å². The molecule has 1 aliphatic heterocycles. The predicted molar refractivity (Wildman–Crippen MR) is 65.8 cm³/mol. The van der Waals surface area contributed by atoms with E-state index in [1.54, 1.807) is 7.05 Å². The van der Waals surface area contributed by atoms with Gasteiger partial charge in [0, 0.05) is 19.3 Å². The molecule has 1 aromatic carbocycles. The van der Waals surface area contributed by atoms with E-state index in [9.17, 15) is 18.0 Å². The van der Waals surface area contributed by atoms with Crippen LogP contribution in [0.3, 0.4) is 0 Å². The maximum Gasteiger partial charge on any atom is 0.417 e. The minimum atomic E-state index is -4.60. The summed E-state index contributed by atoms with van der Waals surface area (Å²) in [5.41, 5.74) is -1.24. The van der Waals surface area contributed by atoms with E-state index in [0.29, 0.717) is 13.0 Å². The molecule has 1 fully saturated rings. The molecule has 0 aliphatic carbocycles. The summed E-state index contributed by atoms with van der Waals surface area (Å²) in [7, 11) is 1.64. The highest BCUT2D eigenvalue weighted by molar-refractivity contribution is 5.86. The van der Waals surface area contributed by atoms with Gasteiger partial charge in [-0.1, -0.05) is 0 Å². The van der Waals surface area contributed by atoms with Crippen LogP contribution in [0.25, 0.3) is 0 Å². The second-order valence-electron chi connectivity index (χ2n) is 4.62. The van der Waals surface area contributed by atoms with Gasteiger partial charge in [-0.3, -0.25) is 4.79 Å². The van der Waals surface area contributed by atoms with Gasteiger partial charge in [0.1, 0.15) is 6.04 Å². The Labute approximate surface area is 113 Å². The van der Waals surface area contributed by atoms with Gasteiger partial charge in [0.15, 0.2) is 0 Å². The minimum Gasteiger partial charge on any atom is -0.374 e. The van der Waals surface area contributed by atoms with Crippen LogP contribution in [-0.4, -0.2) is 30.4 Å². The van der Waals surface area contributed by atoms with Crippen LogP contribution >= 0.6 is 0 Å². The van der Waals surface area contributed by atoms with Gasteiger partial charge in [0.25, 0.3) is 0 Å². The zero-order chi connectivity index (χ0) is 14.9. The zero-order valence-electron chi connectivity index (χ0n) is 10.7. The van der Waals surface area contributed by atoms with E-state index in [1.165, 1.54) is 17.0 Å². The Balaban J connectivity index is 2.27. The van der Waals surface area contributed by atoms with Crippen molar-refractivity contribution in [2.45, 2.75) is 18.6 Å². The number of halogens is 3. The number of nitriles is 1. The average molecular weight is 283 g/mol. The van der Waals surface area contributed by atoms with Crippen molar-refractivity contribution in [3.8, 4) is 6.07 Å². The number of nitrogens with one attached hydrogen (secondary N) is 1. The molecule has 0 aromatic heterocycles. The van der Waals surface area contributed by atoms with Crippen LogP contribution in [0.15, 0.2) is 18.2 Å². The summed E-state index contributed by atoms with van der Waals surface area (Å²) >= 11 is 0. The van der Waals surface area contributed by atoms with Crippen LogP contribution in [0.2, 0.25) is 0 Å². The summed E-state index contributed by atoms with van der Waals surface area (Å²) in [6.07, 6.45) is -4.06. The van der Waals surface area contributed by atoms with Gasteiger partial charge in [0.05, 0.1) is 17.2 Å². The molecule has 1 unspecified atom stereocenters. The lowest BCUT2D eigenvalue weighted by molar-refractivity contribution is -0.137. The first-order chi connectivity index (χ1) is 9.32. The highest BCUT2D eigenvalue weighted by atomic mass is 19.4. The first kappa shape index (κ1) is 14.2. The third-order valence-corrected chi connectivity index (χ3v) is 3.21. The van der Waals surface area contributed by atoms with Crippen molar-refractivity contribution >= 4 is 11.6 Å². The van der Waals surface area contributed by atoms with Gasteiger partial charge in [-0.15, -0.1) is 0 Å². The molecule has 1 atom stereocenters. The third kappa shape index (κ3) is 2.69. The van der Waals surface area contributed by atoms with Crippen molar-refractivity contribution in [1.29, 1.82) is 5.26 Å². The maximum atomic E-state index is 12.8. The van der Waals surface area contributed by atoms with Gasteiger partial charge in [-0.05, 0) is 24.6 Å². The first-order valence-corrected chi connectivity index (χ1v) is 5.96. The molecule has 0 saturated carbocycles. The van der Waals surface area contributed by atoms with E-state index in [0.717, 1.165) is 12.1 Å². The Morgan fingerprint density at radius 1 is 1.45 bits per heavy atom. The van der Waals surface area contributed by atoms with Gasteiger partial charge in [-0.2, -0.15) is 18.4 Å². The summed E-state index contributed by atoms with van der Waals surface area (Å²) < 4.78 is 38.4. The first-order valence-electron chi connectivity index (χ1n) is 5.96. The Morgan fingerprint density at radius 3 is 2.65 bits per heavy atom. The second-order valence-corrected chi connectivity index (χ2v) is 4.62. The molecule has 4 nitrogen and oxygen atoms in total. The number of anilines is 1. The number of hydrogen-bond acceptors (Lipinski definition) is 3. The lowest BCUT2D eigenvalue weighted by atomic mass is 10.1. The topological polar surface area (TPSA) is 56.1 Å². The van der Waals surface area contributed by atoms with E-state index in [2.05, 4.69) is 5.32 Å². The van der Waals surface area contributed by atoms with Crippen LogP contribution in [0.5, 0.6) is 0 Å². The molecule has 20 heavy (non-hydrogen) atoms. The largest absolute Gasteiger partial charge is 0.417 e. The monoisotopic (exact) mass is 283 g/mol. The number of hydrogen-bond donors (Lipinski definition) is 1. The van der Waals surface area contributed by atoms with E-state index < -0.39 is 23.3 Å². The van der Waals surface area contributed by atoms with Crippen LogP contribution in [0.4, 0.5) is 18.9 Å². The third-order valence-electron chi connectivity index (χ3n) is 3.21. The van der Waals surface area contributed by atoms with Gasteiger partial charge >= 0.3 is 6.18 Å². The Hall–Kier alpha value is -2.23. The standard InChI is InChI=1S/C13H12F3N3O/c1-19-5-4-11(12(19)20)18-9-3-2-8(7-17)10(6-9)13(14,15)16/h2-3,6,11,18H,4-5H2,1H3. The van der Waals surface area contributed by atoms with E-state index in [4.69, 9.17) is 5.26 Å². The lowest BCUT2D eigenvalue weighted by Gasteiger charge is -2.16. The molecule has 0 bridgehead atoms. The molecule has 1 N–H and O–H groups in total. The number of benzene rings is 1. The summed E-state index contributed by atoms with van der Waals surface area (Å²) in [6.45, 7) is 0.568. The fourth-order valence-corrected chi connectivity index (χ4v) is 2.12. The summed E-state index contributed by atoms with van der Waals surface area (Å²) in [6, 6.07) is 4.34. The van der Waals surface area contributed by atoms with E-state index >= 15 is 0 Å². The van der Waals surface area contributed by atoms with Crippen molar-refractivity contribution < 1.29 is 18.0 Å². The molecule has 1 aromatic rings. The number of likely N-dealkylation sites (N-methyl/N-ethyl adjacent to an activating group) is 1. The van der Waals surface area contributed by atoms with Crippen LogP contribution in [0, 0.1) is 11.3 Å². The number of carbonyl (C=O) groups is 1. The number of carbonyl (C=O) groups excluding carboxylic acids is 1. The van der Waals surface area contributed by atoms with Gasteiger partial charge < -0.3 is 10.2 Å². The molecular formula is C13H12F3N3O. The number of nitrogens with zero attached hydrogens (tertiary/aromatic N) is 2. The summed E-state index contributed by atoms with van der Waals surface area (Å²) in [5, 5.41) is 11.5. The van der Waals surface area contributed by atoms with E-state index in [1.807, 2.05) is 0 Å². The fourth-order valence-electron chi connectivity index (χ4n) is 2.12. The highest BCUT2D eigenvalue weighted by Gasteiger charge is 2.34. The maximum absolute atomic E-state index is 12.8. The molecule has 1 saturated heterocycles. The fraction of sp³-hybridized carbons (Fsp3) is 0.385. The van der Waals surface area contributed by atoms with Crippen LogP contribution in [0.1, 0.15) is 17.5 Å². The van der Waals surface area contributed by atoms with Crippen LogP contribution in [-0.2, 0) is 11.0 Å². The van der Waals surface area contributed by atoms with Crippen molar-refractivity contribution in [1.82, 2.24) is 4.90 Å². The summed E-state index contributed by atoms with van der Waals surface area (Å²) in [5.74, 6) is -0.150. The zero-order valence-corrected chi connectivity index (χ0v) is 10.7. The molecule has 1 aliphatic rings. The number of amides is 1. The molecule has 2 rings (SSSR count). The Kier molecular flexibility index (Phi) is 3.57. The van der Waals surface area contributed by atoms with Gasteiger partial charge in [0.2, 0.25) is 5.91 Å². The molecular weight excluding hydrogens is 271 g/mol. The molecule has 106 valence electrons. The molecule has 7 heteroatoms. The highest BCUT2D eigenvalue weighted by Crippen LogP contribution is 2.33. The molecule has 1 heterocycles. The average Bonchev–Trinajstić information content (AvgIpc) is 2.70. The molecule has 0 radical (unpaired) electrons. The predicted octanol–water partition coefficient (Wildman–Crippen LogP) is 2.22. The number of alkyl halides is 3. The van der Waals surface area contributed by atoms with Gasteiger partial charge in [-0.25, -0.2) is 0 Å². The Bertz CT molecular complexity index is 577. The van der Waals surface area contributed by atoms with Crippen molar-refractivity contribution in [3.63, 3.8) is 0 Å². The second kappa shape index (κ2) is 5.04. The number of likely N-dealkylation sites (tertiary alicyclic amines) is 1. The smallest absolute Gasteiger partial charge is 0.374 e. The van der Waals surface area contributed by atoms with Crippen LogP contribution < -0.4 is 5.32 Å². The molecule has 1 amide bonds. The summed E-state index contributed by atoms with van der Waals surface area (Å²) in [4.78, 5) is 13.2. The molecule has 0 spiro atoms.